The first kappa shape index (κ1) is 33.2. The molecule has 3 aromatic heterocycles. The second-order valence-electron chi connectivity index (χ2n) is 14.3. The van der Waals surface area contributed by atoms with Gasteiger partial charge in [0.2, 0.25) is 0 Å². The summed E-state index contributed by atoms with van der Waals surface area (Å²) in [7, 11) is 0. The van der Waals surface area contributed by atoms with Gasteiger partial charge in [-0.25, -0.2) is 15.0 Å². The minimum Gasteiger partial charge on any atom is -0.309 e. The molecule has 0 atom stereocenters. The van der Waals surface area contributed by atoms with Gasteiger partial charge in [-0.2, -0.15) is 5.26 Å². The van der Waals surface area contributed by atoms with Crippen molar-refractivity contribution in [3.63, 3.8) is 0 Å². The number of benzene rings is 8. The molecule has 0 N–H and O–H groups in total. The number of nitrogens with zero attached hydrogens (tertiary/aromatic N) is 6. The van der Waals surface area contributed by atoms with Gasteiger partial charge < -0.3 is 9.13 Å². The average Bonchev–Trinajstić information content (AvgIpc) is 3.82. The molecule has 270 valence electrons. The summed E-state index contributed by atoms with van der Waals surface area (Å²) in [6, 6.07) is 69.1. The van der Waals surface area contributed by atoms with Gasteiger partial charge in [0.1, 0.15) is 0 Å². The van der Waals surface area contributed by atoms with Crippen LogP contribution in [0.3, 0.4) is 0 Å². The van der Waals surface area contributed by atoms with Crippen molar-refractivity contribution in [2.24, 2.45) is 0 Å². The van der Waals surface area contributed by atoms with Crippen LogP contribution in [0.25, 0.3) is 100 Å². The van der Waals surface area contributed by atoms with Crippen molar-refractivity contribution in [3.05, 3.63) is 200 Å². The molecule has 0 fully saturated rings. The quantitative estimate of drug-likeness (QED) is 0.170. The summed E-state index contributed by atoms with van der Waals surface area (Å²) in [5, 5.41) is 14.5. The van der Waals surface area contributed by atoms with E-state index in [9.17, 15) is 5.26 Å². The zero-order valence-corrected chi connectivity index (χ0v) is 31.2. The number of hydrogen-bond donors (Lipinski definition) is 0. The standard InChI is InChI=1S/C52H32N6/c53-33-34-30-31-41-47(32-34)57(37-20-8-3-9-21-37)45-28-14-24-39(49(41)45)38-25-15-29-46-48(38)40-22-10-12-26-43(40)58(46)44-27-13-11-23-42(44)52-55-50(35-16-4-1-5-17-35)54-51(56-52)36-18-6-2-7-19-36/h1-32H. The highest BCUT2D eigenvalue weighted by Gasteiger charge is 2.23. The molecular formula is C52H32N6. The Bertz CT molecular complexity index is 3340. The van der Waals surface area contributed by atoms with Gasteiger partial charge in [0, 0.05) is 43.9 Å². The monoisotopic (exact) mass is 740 g/mol. The van der Waals surface area contributed by atoms with Crippen LogP contribution in [0.15, 0.2) is 194 Å². The van der Waals surface area contributed by atoms with Gasteiger partial charge in [-0.3, -0.25) is 0 Å². The molecule has 11 rings (SSSR count). The van der Waals surface area contributed by atoms with Crippen LogP contribution in [-0.4, -0.2) is 24.1 Å². The fraction of sp³-hybridized carbons (Fsp3) is 0. The number of hydrogen-bond acceptors (Lipinski definition) is 4. The maximum Gasteiger partial charge on any atom is 0.166 e. The summed E-state index contributed by atoms with van der Waals surface area (Å²) in [5.41, 5.74) is 11.9. The van der Waals surface area contributed by atoms with E-state index in [1.165, 1.54) is 0 Å². The highest BCUT2D eigenvalue weighted by atomic mass is 15.1. The van der Waals surface area contributed by atoms with Gasteiger partial charge in [-0.05, 0) is 65.7 Å². The molecule has 3 heterocycles. The molecule has 0 saturated heterocycles. The Morgan fingerprint density at radius 1 is 0.379 bits per heavy atom. The lowest BCUT2D eigenvalue weighted by atomic mass is 9.95. The Labute approximate surface area is 334 Å². The van der Waals surface area contributed by atoms with E-state index in [0.717, 1.165) is 82.8 Å². The Morgan fingerprint density at radius 2 is 0.879 bits per heavy atom. The molecule has 0 unspecified atom stereocenters. The van der Waals surface area contributed by atoms with Crippen molar-refractivity contribution in [2.75, 3.05) is 0 Å². The van der Waals surface area contributed by atoms with E-state index in [0.29, 0.717) is 23.0 Å². The lowest BCUT2D eigenvalue weighted by molar-refractivity contribution is 1.06. The molecule has 0 aliphatic heterocycles. The van der Waals surface area contributed by atoms with Gasteiger partial charge in [0.25, 0.3) is 0 Å². The van der Waals surface area contributed by atoms with Crippen LogP contribution in [0, 0.1) is 11.3 Å². The van der Waals surface area contributed by atoms with Gasteiger partial charge in [0.05, 0.1) is 39.4 Å². The molecule has 0 radical (unpaired) electrons. The fourth-order valence-electron chi connectivity index (χ4n) is 8.51. The minimum absolute atomic E-state index is 0.598. The normalized spacial score (nSPS) is 11.4. The summed E-state index contributed by atoms with van der Waals surface area (Å²) in [6.07, 6.45) is 0. The van der Waals surface area contributed by atoms with Crippen LogP contribution < -0.4 is 0 Å². The molecule has 0 amide bonds. The van der Waals surface area contributed by atoms with Gasteiger partial charge in [-0.15, -0.1) is 0 Å². The predicted octanol–water partition coefficient (Wildman–Crippen LogP) is 12.6. The first-order valence-electron chi connectivity index (χ1n) is 19.3. The zero-order valence-electron chi connectivity index (χ0n) is 31.2. The van der Waals surface area contributed by atoms with Crippen LogP contribution >= 0.6 is 0 Å². The summed E-state index contributed by atoms with van der Waals surface area (Å²) >= 11 is 0. The van der Waals surface area contributed by atoms with Crippen molar-refractivity contribution < 1.29 is 0 Å². The highest BCUT2D eigenvalue weighted by Crippen LogP contribution is 2.44. The lowest BCUT2D eigenvalue weighted by Crippen LogP contribution is -2.03. The number of para-hydroxylation sites is 3. The molecule has 0 bridgehead atoms. The van der Waals surface area contributed by atoms with Gasteiger partial charge >= 0.3 is 0 Å². The smallest absolute Gasteiger partial charge is 0.166 e. The summed E-state index contributed by atoms with van der Waals surface area (Å²) in [6.45, 7) is 0. The van der Waals surface area contributed by atoms with Crippen molar-refractivity contribution >= 4 is 43.6 Å². The molecule has 11 aromatic rings. The first-order chi connectivity index (χ1) is 28.7. The van der Waals surface area contributed by atoms with E-state index >= 15 is 0 Å². The van der Waals surface area contributed by atoms with E-state index in [1.807, 2.05) is 84.9 Å². The topological polar surface area (TPSA) is 72.3 Å². The molecule has 0 saturated carbocycles. The number of rotatable bonds is 6. The van der Waals surface area contributed by atoms with Crippen molar-refractivity contribution in [2.45, 2.75) is 0 Å². The summed E-state index contributed by atoms with van der Waals surface area (Å²) in [4.78, 5) is 15.2. The summed E-state index contributed by atoms with van der Waals surface area (Å²) < 4.78 is 4.63. The molecule has 58 heavy (non-hydrogen) atoms. The Balaban J connectivity index is 1.18. The molecule has 0 spiro atoms. The average molecular weight is 741 g/mol. The minimum atomic E-state index is 0.598. The van der Waals surface area contributed by atoms with E-state index in [-0.39, 0.29) is 0 Å². The maximum atomic E-state index is 9.93. The fourth-order valence-corrected chi connectivity index (χ4v) is 8.51. The van der Waals surface area contributed by atoms with Crippen LogP contribution in [0.4, 0.5) is 0 Å². The van der Waals surface area contributed by atoms with Crippen LogP contribution in [0.5, 0.6) is 0 Å². The second kappa shape index (κ2) is 13.6. The Morgan fingerprint density at radius 3 is 1.53 bits per heavy atom. The van der Waals surface area contributed by atoms with Crippen LogP contribution in [-0.2, 0) is 0 Å². The Kier molecular flexibility index (Phi) is 7.76. The van der Waals surface area contributed by atoms with E-state index in [1.54, 1.807) is 0 Å². The van der Waals surface area contributed by atoms with Gasteiger partial charge in [-0.1, -0.05) is 140 Å². The van der Waals surface area contributed by atoms with E-state index < -0.39 is 0 Å². The highest BCUT2D eigenvalue weighted by molar-refractivity contribution is 6.22. The first-order valence-corrected chi connectivity index (χ1v) is 19.3. The number of aromatic nitrogens is 5. The molecule has 0 aliphatic carbocycles. The molecule has 8 aromatic carbocycles. The maximum absolute atomic E-state index is 9.93. The molecule has 6 nitrogen and oxygen atoms in total. The number of fused-ring (bicyclic) bond motifs is 6. The van der Waals surface area contributed by atoms with Crippen LogP contribution in [0.2, 0.25) is 0 Å². The largest absolute Gasteiger partial charge is 0.309 e. The third kappa shape index (κ3) is 5.30. The third-order valence-corrected chi connectivity index (χ3v) is 11.0. The van der Waals surface area contributed by atoms with Crippen molar-refractivity contribution in [1.29, 1.82) is 5.26 Å². The Hall–Kier alpha value is -8.14. The molecular weight excluding hydrogens is 709 g/mol. The van der Waals surface area contributed by atoms with Crippen LogP contribution in [0.1, 0.15) is 5.56 Å². The molecule has 0 aliphatic rings. The van der Waals surface area contributed by atoms with Crippen molar-refractivity contribution in [3.8, 4) is 62.7 Å². The zero-order chi connectivity index (χ0) is 38.6. The van der Waals surface area contributed by atoms with E-state index in [4.69, 9.17) is 15.0 Å². The van der Waals surface area contributed by atoms with Gasteiger partial charge in [0.15, 0.2) is 17.5 Å². The third-order valence-electron chi connectivity index (χ3n) is 11.0. The molecule has 6 heteroatoms. The lowest BCUT2D eigenvalue weighted by Gasteiger charge is -2.15. The van der Waals surface area contributed by atoms with E-state index in [2.05, 4.69) is 124 Å². The van der Waals surface area contributed by atoms with Crippen molar-refractivity contribution in [1.82, 2.24) is 24.1 Å². The predicted molar refractivity (Wildman–Crippen MR) is 235 cm³/mol. The second-order valence-corrected chi connectivity index (χ2v) is 14.3. The summed E-state index contributed by atoms with van der Waals surface area (Å²) in [5.74, 6) is 1.84. The SMILES string of the molecule is N#Cc1ccc2c3c(-c4cccc5c4c4ccccc4n5-c4ccccc4-c4nc(-c5ccccc5)nc(-c5ccccc5)n4)cccc3n(-c3ccccc3)c2c1. The number of nitriles is 1.